The number of hydrogen-bond donors (Lipinski definition) is 0. The minimum Gasteiger partial charge on any atom is -0.481 e. The second-order valence-electron chi connectivity index (χ2n) is 6.02. The summed E-state index contributed by atoms with van der Waals surface area (Å²) in [6.07, 6.45) is 0.767. The van der Waals surface area contributed by atoms with Crippen LogP contribution in [0, 0.1) is 0 Å². The maximum absolute atomic E-state index is 12.7. The van der Waals surface area contributed by atoms with Gasteiger partial charge in [-0.2, -0.15) is 0 Å². The monoisotopic (exact) mass is 348 g/mol. The fourth-order valence-corrected chi connectivity index (χ4v) is 2.80. The average molecular weight is 348 g/mol. The lowest BCUT2D eigenvalue weighted by atomic mass is 10.1. The predicted molar refractivity (Wildman–Crippen MR) is 95.7 cm³/mol. The van der Waals surface area contributed by atoms with Crippen LogP contribution in [0.3, 0.4) is 0 Å². The minimum atomic E-state index is -0.499. The molecule has 1 aliphatic heterocycles. The molecule has 0 aliphatic carbocycles. The molecule has 0 aromatic heterocycles. The standard InChI is InChI=1S/C19H28N2O4/c1-4-15-7-9-16(10-8-15)25-17(5-2)18(22)20-11-13-21(14-12-20)19(23)24-6-3/h7-10,17H,4-6,11-14H2,1-3H3/t17-/m0/s1. The van der Waals surface area contributed by atoms with Crippen molar-refractivity contribution in [3.8, 4) is 5.75 Å². The third-order valence-corrected chi connectivity index (χ3v) is 4.37. The molecule has 1 saturated heterocycles. The highest BCUT2D eigenvalue weighted by Crippen LogP contribution is 2.17. The molecule has 0 bridgehead atoms. The Bertz CT molecular complexity index is 565. The largest absolute Gasteiger partial charge is 0.481 e. The van der Waals surface area contributed by atoms with Gasteiger partial charge in [-0.05, 0) is 37.5 Å². The molecule has 0 N–H and O–H groups in total. The molecule has 1 aliphatic rings. The van der Waals surface area contributed by atoms with E-state index < -0.39 is 6.10 Å². The van der Waals surface area contributed by atoms with Crippen LogP contribution in [0.15, 0.2) is 24.3 Å². The van der Waals surface area contributed by atoms with Gasteiger partial charge in [0.2, 0.25) is 0 Å². The number of amides is 2. The Morgan fingerprint density at radius 2 is 1.60 bits per heavy atom. The highest BCUT2D eigenvalue weighted by atomic mass is 16.6. The van der Waals surface area contributed by atoms with Gasteiger partial charge in [-0.3, -0.25) is 4.79 Å². The van der Waals surface area contributed by atoms with Crippen molar-refractivity contribution in [3.05, 3.63) is 29.8 Å². The third kappa shape index (κ3) is 5.11. The van der Waals surface area contributed by atoms with Crippen molar-refractivity contribution in [1.82, 2.24) is 9.80 Å². The Balaban J connectivity index is 1.90. The van der Waals surface area contributed by atoms with Gasteiger partial charge in [0.05, 0.1) is 6.61 Å². The summed E-state index contributed by atoms with van der Waals surface area (Å²) in [5.41, 5.74) is 1.24. The van der Waals surface area contributed by atoms with Crippen molar-refractivity contribution >= 4 is 12.0 Å². The molecular weight excluding hydrogens is 320 g/mol. The first-order valence-corrected chi connectivity index (χ1v) is 9.05. The number of benzene rings is 1. The van der Waals surface area contributed by atoms with Crippen LogP contribution in [0.5, 0.6) is 5.75 Å². The molecule has 6 heteroatoms. The Morgan fingerprint density at radius 3 is 2.12 bits per heavy atom. The van der Waals surface area contributed by atoms with Crippen LogP contribution in [0.4, 0.5) is 4.79 Å². The third-order valence-electron chi connectivity index (χ3n) is 4.37. The van der Waals surface area contributed by atoms with Crippen LogP contribution in [-0.4, -0.2) is 60.7 Å². The molecule has 1 aromatic carbocycles. The van der Waals surface area contributed by atoms with Gasteiger partial charge in [0.15, 0.2) is 6.10 Å². The van der Waals surface area contributed by atoms with Gasteiger partial charge in [-0.1, -0.05) is 26.0 Å². The van der Waals surface area contributed by atoms with Crippen LogP contribution < -0.4 is 4.74 Å². The van der Waals surface area contributed by atoms with E-state index in [0.717, 1.165) is 6.42 Å². The minimum absolute atomic E-state index is 0.0226. The molecule has 1 aromatic rings. The second kappa shape index (κ2) is 9.30. The van der Waals surface area contributed by atoms with Crippen LogP contribution in [0.2, 0.25) is 0 Å². The highest BCUT2D eigenvalue weighted by molar-refractivity contribution is 5.81. The van der Waals surface area contributed by atoms with Gasteiger partial charge in [-0.25, -0.2) is 4.79 Å². The summed E-state index contributed by atoms with van der Waals surface area (Å²) in [7, 11) is 0. The van der Waals surface area contributed by atoms with Crippen LogP contribution in [0.25, 0.3) is 0 Å². The number of aryl methyl sites for hydroxylation is 1. The van der Waals surface area contributed by atoms with E-state index in [4.69, 9.17) is 9.47 Å². The normalized spacial score (nSPS) is 15.6. The van der Waals surface area contributed by atoms with Crippen LogP contribution in [0.1, 0.15) is 32.8 Å². The molecule has 0 spiro atoms. The van der Waals surface area contributed by atoms with E-state index in [1.54, 1.807) is 16.7 Å². The number of rotatable bonds is 6. The zero-order chi connectivity index (χ0) is 18.2. The van der Waals surface area contributed by atoms with E-state index in [2.05, 4.69) is 6.92 Å². The average Bonchev–Trinajstić information content (AvgIpc) is 2.66. The molecule has 1 fully saturated rings. The van der Waals surface area contributed by atoms with Crippen LogP contribution in [-0.2, 0) is 16.0 Å². The Morgan fingerprint density at radius 1 is 1.00 bits per heavy atom. The molecular formula is C19H28N2O4. The van der Waals surface area contributed by atoms with E-state index >= 15 is 0 Å². The fourth-order valence-electron chi connectivity index (χ4n) is 2.80. The zero-order valence-corrected chi connectivity index (χ0v) is 15.4. The SMILES string of the molecule is CCOC(=O)N1CCN(C(=O)[C@H](CC)Oc2ccc(CC)cc2)CC1. The van der Waals surface area contributed by atoms with Crippen LogP contribution >= 0.6 is 0 Å². The van der Waals surface area contributed by atoms with E-state index in [1.165, 1.54) is 5.56 Å². The van der Waals surface area contributed by atoms with Gasteiger partial charge >= 0.3 is 6.09 Å². The van der Waals surface area contributed by atoms with Crippen molar-refractivity contribution in [2.45, 2.75) is 39.7 Å². The Labute approximate surface area is 149 Å². The van der Waals surface area contributed by atoms with Crippen molar-refractivity contribution in [1.29, 1.82) is 0 Å². The molecule has 138 valence electrons. The molecule has 2 rings (SSSR count). The van der Waals surface area contributed by atoms with Gasteiger partial charge in [0.25, 0.3) is 5.91 Å². The van der Waals surface area contributed by atoms with Crippen molar-refractivity contribution < 1.29 is 19.1 Å². The molecule has 6 nitrogen and oxygen atoms in total. The maximum Gasteiger partial charge on any atom is 0.409 e. The Hall–Kier alpha value is -2.24. The summed E-state index contributed by atoms with van der Waals surface area (Å²) in [6, 6.07) is 7.86. The summed E-state index contributed by atoms with van der Waals surface area (Å²) in [4.78, 5) is 27.9. The van der Waals surface area contributed by atoms with Gasteiger partial charge in [0, 0.05) is 26.2 Å². The lowest BCUT2D eigenvalue weighted by molar-refractivity contribution is -0.140. The van der Waals surface area contributed by atoms with E-state index in [9.17, 15) is 9.59 Å². The lowest BCUT2D eigenvalue weighted by Gasteiger charge is -2.35. The molecule has 1 atom stereocenters. The number of carbonyl (C=O) groups excluding carboxylic acids is 2. The first-order valence-electron chi connectivity index (χ1n) is 9.05. The van der Waals surface area contributed by atoms with Crippen molar-refractivity contribution in [2.75, 3.05) is 32.8 Å². The predicted octanol–water partition coefficient (Wildman–Crippen LogP) is 2.71. The summed E-state index contributed by atoms with van der Waals surface area (Å²) in [5.74, 6) is 0.688. The smallest absolute Gasteiger partial charge is 0.409 e. The fraction of sp³-hybridized carbons (Fsp3) is 0.579. The van der Waals surface area contributed by atoms with Crippen molar-refractivity contribution in [2.24, 2.45) is 0 Å². The number of carbonyl (C=O) groups is 2. The highest BCUT2D eigenvalue weighted by Gasteiger charge is 2.29. The lowest BCUT2D eigenvalue weighted by Crippen LogP contribution is -2.53. The number of piperazine rings is 1. The van der Waals surface area contributed by atoms with Gasteiger partial charge in [-0.15, -0.1) is 0 Å². The Kier molecular flexibility index (Phi) is 7.10. The maximum atomic E-state index is 12.7. The summed E-state index contributed by atoms with van der Waals surface area (Å²) in [5, 5.41) is 0. The summed E-state index contributed by atoms with van der Waals surface area (Å²) < 4.78 is 10.9. The first-order chi connectivity index (χ1) is 12.1. The molecule has 0 radical (unpaired) electrons. The molecule has 2 amide bonds. The topological polar surface area (TPSA) is 59.1 Å². The second-order valence-corrected chi connectivity index (χ2v) is 6.02. The zero-order valence-electron chi connectivity index (χ0n) is 15.4. The van der Waals surface area contributed by atoms with E-state index in [1.807, 2.05) is 31.2 Å². The molecule has 1 heterocycles. The van der Waals surface area contributed by atoms with Crippen molar-refractivity contribution in [3.63, 3.8) is 0 Å². The van der Waals surface area contributed by atoms with E-state index in [-0.39, 0.29) is 12.0 Å². The first kappa shape index (κ1) is 19.1. The van der Waals surface area contributed by atoms with Gasteiger partial charge in [0.1, 0.15) is 5.75 Å². The molecule has 0 unspecified atom stereocenters. The number of hydrogen-bond acceptors (Lipinski definition) is 4. The van der Waals surface area contributed by atoms with Gasteiger partial charge < -0.3 is 19.3 Å². The number of nitrogens with zero attached hydrogens (tertiary/aromatic N) is 2. The van der Waals surface area contributed by atoms with E-state index in [0.29, 0.717) is 45.0 Å². The summed E-state index contributed by atoms with van der Waals surface area (Å²) >= 11 is 0. The summed E-state index contributed by atoms with van der Waals surface area (Å²) in [6.45, 7) is 8.19. The molecule has 25 heavy (non-hydrogen) atoms. The quantitative estimate of drug-likeness (QED) is 0.793. The number of ether oxygens (including phenoxy) is 2. The molecule has 0 saturated carbocycles.